The fourth-order valence-electron chi connectivity index (χ4n) is 3.93. The Morgan fingerprint density at radius 3 is 1.67 bits per heavy atom. The predicted molar refractivity (Wildman–Crippen MR) is 129 cm³/mol. The highest BCUT2D eigenvalue weighted by molar-refractivity contribution is 5.90. The third-order valence-electron chi connectivity index (χ3n) is 5.66. The molecule has 0 fully saturated rings. The van der Waals surface area contributed by atoms with Gasteiger partial charge in [0.15, 0.2) is 0 Å². The van der Waals surface area contributed by atoms with E-state index < -0.39 is 0 Å². The van der Waals surface area contributed by atoms with Crippen LogP contribution in [0.15, 0.2) is 121 Å². The maximum Gasteiger partial charge on any atom is 0.0414 e. The summed E-state index contributed by atoms with van der Waals surface area (Å²) in [6.07, 6.45) is 0. The zero-order valence-electron chi connectivity index (χ0n) is 17.0. The molecular formula is C29H23N. The highest BCUT2D eigenvalue weighted by atomic mass is 15.1. The molecule has 1 nitrogen and oxygen atoms in total. The standard InChI is InChI=1S/C29H23N/c1-30(28-14-8-13-25(20-28)22-9-4-2-5-10-22)29-18-17-24-15-16-26(19-27(24)21-29)23-11-6-3-7-12-23/h2-21H,1H3. The van der Waals surface area contributed by atoms with Crippen molar-refractivity contribution in [2.24, 2.45) is 0 Å². The lowest BCUT2D eigenvalue weighted by Crippen LogP contribution is -2.09. The van der Waals surface area contributed by atoms with Crippen molar-refractivity contribution in [2.75, 3.05) is 11.9 Å². The van der Waals surface area contributed by atoms with Crippen molar-refractivity contribution >= 4 is 22.1 Å². The number of hydrogen-bond donors (Lipinski definition) is 0. The lowest BCUT2D eigenvalue weighted by molar-refractivity contribution is 1.21. The van der Waals surface area contributed by atoms with E-state index in [0.29, 0.717) is 0 Å². The van der Waals surface area contributed by atoms with Crippen LogP contribution in [-0.2, 0) is 0 Å². The van der Waals surface area contributed by atoms with E-state index in [4.69, 9.17) is 0 Å². The molecule has 0 amide bonds. The summed E-state index contributed by atoms with van der Waals surface area (Å²) in [6, 6.07) is 43.1. The van der Waals surface area contributed by atoms with Crippen molar-refractivity contribution in [3.8, 4) is 22.3 Å². The average Bonchev–Trinajstić information content (AvgIpc) is 2.84. The summed E-state index contributed by atoms with van der Waals surface area (Å²) >= 11 is 0. The van der Waals surface area contributed by atoms with Crippen molar-refractivity contribution in [1.29, 1.82) is 0 Å². The Kier molecular flexibility index (Phi) is 4.78. The fraction of sp³-hybridized carbons (Fsp3) is 0.0345. The summed E-state index contributed by atoms with van der Waals surface area (Å²) in [6.45, 7) is 0. The smallest absolute Gasteiger partial charge is 0.0414 e. The number of benzene rings is 5. The van der Waals surface area contributed by atoms with Gasteiger partial charge in [-0.25, -0.2) is 0 Å². The van der Waals surface area contributed by atoms with Gasteiger partial charge in [0.1, 0.15) is 0 Å². The lowest BCUT2D eigenvalue weighted by Gasteiger charge is -2.21. The van der Waals surface area contributed by atoms with Crippen molar-refractivity contribution in [3.05, 3.63) is 121 Å². The zero-order valence-corrected chi connectivity index (χ0v) is 17.0. The van der Waals surface area contributed by atoms with Crippen LogP contribution in [0.2, 0.25) is 0 Å². The average molecular weight is 386 g/mol. The zero-order chi connectivity index (χ0) is 20.3. The third-order valence-corrected chi connectivity index (χ3v) is 5.66. The fourth-order valence-corrected chi connectivity index (χ4v) is 3.93. The molecule has 0 atom stereocenters. The third kappa shape index (κ3) is 3.58. The highest BCUT2D eigenvalue weighted by Crippen LogP contribution is 2.32. The van der Waals surface area contributed by atoms with E-state index in [0.717, 1.165) is 0 Å². The quantitative estimate of drug-likeness (QED) is 0.303. The first-order valence-corrected chi connectivity index (χ1v) is 10.3. The Morgan fingerprint density at radius 2 is 0.967 bits per heavy atom. The second-order valence-electron chi connectivity index (χ2n) is 7.59. The summed E-state index contributed by atoms with van der Waals surface area (Å²) in [7, 11) is 2.13. The summed E-state index contributed by atoms with van der Waals surface area (Å²) in [5.74, 6) is 0. The summed E-state index contributed by atoms with van der Waals surface area (Å²) < 4.78 is 0. The Hall–Kier alpha value is -3.84. The van der Waals surface area contributed by atoms with E-state index in [1.807, 2.05) is 0 Å². The minimum atomic E-state index is 1.18. The van der Waals surface area contributed by atoms with Crippen LogP contribution >= 0.6 is 0 Å². The topological polar surface area (TPSA) is 3.24 Å². The molecule has 0 saturated heterocycles. The van der Waals surface area contributed by atoms with E-state index in [9.17, 15) is 0 Å². The molecule has 0 saturated carbocycles. The number of anilines is 2. The molecule has 0 bridgehead atoms. The van der Waals surface area contributed by atoms with Crippen LogP contribution < -0.4 is 4.90 Å². The molecule has 5 aromatic rings. The second-order valence-corrected chi connectivity index (χ2v) is 7.59. The van der Waals surface area contributed by atoms with Crippen molar-refractivity contribution < 1.29 is 0 Å². The van der Waals surface area contributed by atoms with Gasteiger partial charge in [-0.3, -0.25) is 0 Å². The number of nitrogens with zero attached hydrogens (tertiary/aromatic N) is 1. The van der Waals surface area contributed by atoms with Crippen LogP contribution in [0.3, 0.4) is 0 Å². The van der Waals surface area contributed by atoms with Crippen LogP contribution in [-0.4, -0.2) is 7.05 Å². The molecule has 0 N–H and O–H groups in total. The lowest BCUT2D eigenvalue weighted by atomic mass is 10.0. The first kappa shape index (κ1) is 18.2. The molecule has 5 rings (SSSR count). The van der Waals surface area contributed by atoms with Gasteiger partial charge in [-0.05, 0) is 63.4 Å². The van der Waals surface area contributed by atoms with Crippen molar-refractivity contribution in [1.82, 2.24) is 0 Å². The van der Waals surface area contributed by atoms with E-state index in [1.165, 1.54) is 44.4 Å². The number of rotatable bonds is 4. The molecule has 0 unspecified atom stereocenters. The molecule has 0 aliphatic heterocycles. The molecule has 0 aliphatic rings. The summed E-state index contributed by atoms with van der Waals surface area (Å²) in [5, 5.41) is 2.50. The SMILES string of the molecule is CN(c1cccc(-c2ccccc2)c1)c1ccc2ccc(-c3ccccc3)cc2c1. The molecule has 0 radical (unpaired) electrons. The predicted octanol–water partition coefficient (Wildman–Crippen LogP) is 7.94. The molecule has 0 spiro atoms. The molecule has 5 aromatic carbocycles. The van der Waals surface area contributed by atoms with Gasteiger partial charge >= 0.3 is 0 Å². The normalized spacial score (nSPS) is 10.8. The van der Waals surface area contributed by atoms with Crippen LogP contribution in [0.5, 0.6) is 0 Å². The molecular weight excluding hydrogens is 362 g/mol. The van der Waals surface area contributed by atoms with Gasteiger partial charge in [-0.2, -0.15) is 0 Å². The van der Waals surface area contributed by atoms with Crippen LogP contribution in [0.4, 0.5) is 11.4 Å². The molecule has 0 heterocycles. The van der Waals surface area contributed by atoms with Gasteiger partial charge < -0.3 is 4.90 Å². The Balaban J connectivity index is 1.51. The van der Waals surface area contributed by atoms with E-state index in [2.05, 4.69) is 133 Å². The Labute approximate surface area is 177 Å². The van der Waals surface area contributed by atoms with E-state index in [1.54, 1.807) is 0 Å². The highest BCUT2D eigenvalue weighted by Gasteiger charge is 2.08. The molecule has 0 aliphatic carbocycles. The number of fused-ring (bicyclic) bond motifs is 1. The van der Waals surface area contributed by atoms with Gasteiger partial charge in [0.2, 0.25) is 0 Å². The van der Waals surface area contributed by atoms with Crippen LogP contribution in [0, 0.1) is 0 Å². The first-order valence-electron chi connectivity index (χ1n) is 10.3. The largest absolute Gasteiger partial charge is 0.345 e. The second kappa shape index (κ2) is 7.88. The van der Waals surface area contributed by atoms with Gasteiger partial charge in [0.05, 0.1) is 0 Å². The monoisotopic (exact) mass is 385 g/mol. The first-order chi connectivity index (χ1) is 14.8. The minimum Gasteiger partial charge on any atom is -0.345 e. The van der Waals surface area contributed by atoms with Crippen molar-refractivity contribution in [2.45, 2.75) is 0 Å². The van der Waals surface area contributed by atoms with Gasteiger partial charge in [-0.15, -0.1) is 0 Å². The molecule has 0 aromatic heterocycles. The summed E-state index contributed by atoms with van der Waals surface area (Å²) in [4.78, 5) is 2.25. The molecule has 30 heavy (non-hydrogen) atoms. The van der Waals surface area contributed by atoms with Crippen LogP contribution in [0.1, 0.15) is 0 Å². The van der Waals surface area contributed by atoms with Gasteiger partial charge in [-0.1, -0.05) is 91.0 Å². The summed E-state index contributed by atoms with van der Waals surface area (Å²) in [5.41, 5.74) is 7.31. The minimum absolute atomic E-state index is 1.18. The maximum absolute atomic E-state index is 2.28. The van der Waals surface area contributed by atoms with E-state index in [-0.39, 0.29) is 0 Å². The van der Waals surface area contributed by atoms with Crippen LogP contribution in [0.25, 0.3) is 33.0 Å². The molecule has 1 heteroatoms. The van der Waals surface area contributed by atoms with Gasteiger partial charge in [0.25, 0.3) is 0 Å². The Morgan fingerprint density at radius 1 is 0.400 bits per heavy atom. The number of hydrogen-bond acceptors (Lipinski definition) is 1. The van der Waals surface area contributed by atoms with E-state index >= 15 is 0 Å². The molecule has 144 valence electrons. The maximum atomic E-state index is 2.28. The van der Waals surface area contributed by atoms with Gasteiger partial charge in [0, 0.05) is 18.4 Å². The Bertz CT molecular complexity index is 1290. The van der Waals surface area contributed by atoms with Crippen molar-refractivity contribution in [3.63, 3.8) is 0 Å².